The van der Waals surface area contributed by atoms with Crippen molar-refractivity contribution >= 4 is 43.5 Å². The molecular formula is C19H19Br2FN2O2. The Labute approximate surface area is 169 Å². The molecule has 1 atom stereocenters. The molecule has 1 N–H and O–H groups in total. The predicted octanol–water partition coefficient (Wildman–Crippen LogP) is 4.75. The third-order valence-corrected chi connectivity index (χ3v) is 5.27. The van der Waals surface area contributed by atoms with Crippen molar-refractivity contribution in [3.05, 3.63) is 62.8 Å². The van der Waals surface area contributed by atoms with Gasteiger partial charge in [0.2, 0.25) is 5.91 Å². The number of anilines is 1. The Bertz CT molecular complexity index is 771. The Morgan fingerprint density at radius 2 is 1.92 bits per heavy atom. The second-order valence-electron chi connectivity index (χ2n) is 6.13. The maximum atomic E-state index is 13.8. The first-order valence-corrected chi connectivity index (χ1v) is 9.94. The summed E-state index contributed by atoms with van der Waals surface area (Å²) < 4.78 is 21.3. The van der Waals surface area contributed by atoms with Gasteiger partial charge in [-0.25, -0.2) is 4.39 Å². The Morgan fingerprint density at radius 1 is 1.19 bits per heavy atom. The van der Waals surface area contributed by atoms with Gasteiger partial charge in [0.1, 0.15) is 5.82 Å². The largest absolute Gasteiger partial charge is 0.371 e. The van der Waals surface area contributed by atoms with Crippen LogP contribution in [0.4, 0.5) is 10.1 Å². The van der Waals surface area contributed by atoms with Gasteiger partial charge in [-0.3, -0.25) is 9.69 Å². The highest BCUT2D eigenvalue weighted by Gasteiger charge is 2.22. The molecule has 1 heterocycles. The monoisotopic (exact) mass is 484 g/mol. The zero-order chi connectivity index (χ0) is 18.5. The van der Waals surface area contributed by atoms with Crippen molar-refractivity contribution in [1.29, 1.82) is 0 Å². The highest BCUT2D eigenvalue weighted by molar-refractivity contribution is 9.10. The first-order chi connectivity index (χ1) is 12.5. The van der Waals surface area contributed by atoms with Crippen LogP contribution in [0.5, 0.6) is 0 Å². The molecule has 4 nitrogen and oxygen atoms in total. The number of nitrogens with zero attached hydrogens (tertiary/aromatic N) is 1. The molecule has 1 fully saturated rings. The first kappa shape index (κ1) is 19.5. The van der Waals surface area contributed by atoms with Gasteiger partial charge in [-0.05, 0) is 35.9 Å². The quantitative estimate of drug-likeness (QED) is 0.664. The van der Waals surface area contributed by atoms with Gasteiger partial charge in [0.05, 0.1) is 18.4 Å². The number of carbonyl (C=O) groups excluding carboxylic acids is 1. The fraction of sp³-hybridized carbons (Fsp3) is 0.316. The summed E-state index contributed by atoms with van der Waals surface area (Å²) in [6, 6.07) is 12.7. The smallest absolute Gasteiger partial charge is 0.225 e. The number of benzene rings is 2. The van der Waals surface area contributed by atoms with E-state index in [-0.39, 0.29) is 17.7 Å². The normalized spacial score (nSPS) is 17.9. The topological polar surface area (TPSA) is 41.6 Å². The Hall–Kier alpha value is -1.28. The fourth-order valence-corrected chi connectivity index (χ4v) is 3.45. The lowest BCUT2D eigenvalue weighted by Gasteiger charge is -2.33. The van der Waals surface area contributed by atoms with Crippen LogP contribution in [0.15, 0.2) is 51.4 Å². The van der Waals surface area contributed by atoms with E-state index in [2.05, 4.69) is 42.1 Å². The molecule has 0 radical (unpaired) electrons. The van der Waals surface area contributed by atoms with E-state index in [1.165, 1.54) is 6.07 Å². The predicted molar refractivity (Wildman–Crippen MR) is 107 cm³/mol. The Kier molecular flexibility index (Phi) is 6.80. The average molecular weight is 486 g/mol. The first-order valence-electron chi connectivity index (χ1n) is 8.35. The number of amides is 1. The van der Waals surface area contributed by atoms with Gasteiger partial charge < -0.3 is 10.1 Å². The van der Waals surface area contributed by atoms with Crippen molar-refractivity contribution < 1.29 is 13.9 Å². The molecule has 26 heavy (non-hydrogen) atoms. The lowest BCUT2D eigenvalue weighted by atomic mass is 10.1. The van der Waals surface area contributed by atoms with Gasteiger partial charge in [0.25, 0.3) is 0 Å². The summed E-state index contributed by atoms with van der Waals surface area (Å²) in [5.41, 5.74) is 1.33. The van der Waals surface area contributed by atoms with Crippen LogP contribution in [0.3, 0.4) is 0 Å². The summed E-state index contributed by atoms with van der Waals surface area (Å²) >= 11 is 6.63. The SMILES string of the molecule is O=C(CCN1CCOC(c2ccc(Br)cc2)C1)Nc1ccc(Br)cc1F. The maximum Gasteiger partial charge on any atom is 0.225 e. The minimum atomic E-state index is -0.450. The van der Waals surface area contributed by atoms with Crippen molar-refractivity contribution in [2.24, 2.45) is 0 Å². The van der Waals surface area contributed by atoms with E-state index in [1.807, 2.05) is 24.3 Å². The molecule has 0 bridgehead atoms. The van der Waals surface area contributed by atoms with Gasteiger partial charge in [-0.2, -0.15) is 0 Å². The number of rotatable bonds is 5. The van der Waals surface area contributed by atoms with E-state index in [9.17, 15) is 9.18 Å². The van der Waals surface area contributed by atoms with Crippen molar-refractivity contribution in [2.45, 2.75) is 12.5 Å². The molecule has 3 rings (SSSR count). The maximum absolute atomic E-state index is 13.8. The molecule has 138 valence electrons. The number of morpholine rings is 1. The van der Waals surface area contributed by atoms with Crippen LogP contribution >= 0.6 is 31.9 Å². The summed E-state index contributed by atoms with van der Waals surface area (Å²) in [5, 5.41) is 2.63. The van der Waals surface area contributed by atoms with Crippen LogP contribution < -0.4 is 5.32 Å². The molecule has 0 aromatic heterocycles. The zero-order valence-corrected chi connectivity index (χ0v) is 17.2. The standard InChI is InChI=1S/C19H19Br2FN2O2/c20-14-3-1-13(2-4-14)18-12-24(9-10-26-18)8-7-19(25)23-17-6-5-15(21)11-16(17)22/h1-6,11,18H,7-10,12H2,(H,23,25). The molecule has 1 amide bonds. The summed E-state index contributed by atoms with van der Waals surface area (Å²) in [7, 11) is 0. The Balaban J connectivity index is 1.50. The van der Waals surface area contributed by atoms with E-state index < -0.39 is 5.82 Å². The van der Waals surface area contributed by atoms with Crippen LogP contribution in [0.25, 0.3) is 0 Å². The molecular weight excluding hydrogens is 467 g/mol. The lowest BCUT2D eigenvalue weighted by molar-refractivity contribution is -0.117. The van der Waals surface area contributed by atoms with Crippen LogP contribution in [0.1, 0.15) is 18.1 Å². The van der Waals surface area contributed by atoms with E-state index in [0.29, 0.717) is 24.0 Å². The molecule has 1 aliphatic rings. The van der Waals surface area contributed by atoms with Crippen molar-refractivity contribution in [3.8, 4) is 0 Å². The van der Waals surface area contributed by atoms with Crippen molar-refractivity contribution in [1.82, 2.24) is 4.90 Å². The molecule has 0 aliphatic carbocycles. The number of halogens is 3. The molecule has 2 aromatic carbocycles. The summed E-state index contributed by atoms with van der Waals surface area (Å²) in [6.07, 6.45) is 0.312. The zero-order valence-electron chi connectivity index (χ0n) is 14.1. The molecule has 2 aromatic rings. The van der Waals surface area contributed by atoms with E-state index in [4.69, 9.17) is 4.74 Å². The molecule has 7 heteroatoms. The van der Waals surface area contributed by atoms with Crippen LogP contribution in [-0.4, -0.2) is 37.0 Å². The minimum absolute atomic E-state index is 0.00355. The summed E-state index contributed by atoms with van der Waals surface area (Å²) in [6.45, 7) is 2.76. The highest BCUT2D eigenvalue weighted by Crippen LogP contribution is 2.24. The van der Waals surface area contributed by atoms with Gasteiger partial charge in [-0.1, -0.05) is 44.0 Å². The number of carbonyl (C=O) groups is 1. The summed E-state index contributed by atoms with van der Waals surface area (Å²) in [4.78, 5) is 14.3. The molecule has 1 saturated heterocycles. The highest BCUT2D eigenvalue weighted by atomic mass is 79.9. The molecule has 0 saturated carbocycles. The lowest BCUT2D eigenvalue weighted by Crippen LogP contribution is -2.39. The third-order valence-electron chi connectivity index (χ3n) is 4.25. The number of hydrogen-bond donors (Lipinski definition) is 1. The van der Waals surface area contributed by atoms with Crippen LogP contribution in [-0.2, 0) is 9.53 Å². The van der Waals surface area contributed by atoms with E-state index in [0.717, 1.165) is 23.1 Å². The van der Waals surface area contributed by atoms with Crippen molar-refractivity contribution in [3.63, 3.8) is 0 Å². The molecule has 1 unspecified atom stereocenters. The fourth-order valence-electron chi connectivity index (χ4n) is 2.85. The Morgan fingerprint density at radius 3 is 2.65 bits per heavy atom. The third kappa shape index (κ3) is 5.36. The second-order valence-corrected chi connectivity index (χ2v) is 7.97. The van der Waals surface area contributed by atoms with Gasteiger partial charge in [-0.15, -0.1) is 0 Å². The van der Waals surface area contributed by atoms with Crippen LogP contribution in [0.2, 0.25) is 0 Å². The average Bonchev–Trinajstić information content (AvgIpc) is 2.63. The number of ether oxygens (including phenoxy) is 1. The second kappa shape index (κ2) is 9.08. The van der Waals surface area contributed by atoms with Crippen molar-refractivity contribution in [2.75, 3.05) is 31.6 Å². The molecule has 0 spiro atoms. The summed E-state index contributed by atoms with van der Waals surface area (Å²) in [5.74, 6) is -0.646. The van der Waals surface area contributed by atoms with E-state index in [1.54, 1.807) is 12.1 Å². The minimum Gasteiger partial charge on any atom is -0.371 e. The number of nitrogens with one attached hydrogen (secondary N) is 1. The van der Waals surface area contributed by atoms with E-state index >= 15 is 0 Å². The van der Waals surface area contributed by atoms with Gasteiger partial charge >= 0.3 is 0 Å². The van der Waals surface area contributed by atoms with Crippen LogP contribution in [0, 0.1) is 5.82 Å². The molecule has 1 aliphatic heterocycles. The van der Waals surface area contributed by atoms with Gasteiger partial charge in [0, 0.05) is 35.0 Å². The van der Waals surface area contributed by atoms with Gasteiger partial charge in [0.15, 0.2) is 0 Å². The number of hydrogen-bond acceptors (Lipinski definition) is 3.